The van der Waals surface area contributed by atoms with Crippen LogP contribution in [-0.2, 0) is 0 Å². The van der Waals surface area contributed by atoms with Crippen molar-refractivity contribution in [2.45, 2.75) is 0 Å². The van der Waals surface area contributed by atoms with Gasteiger partial charge in [-0.15, -0.1) is 0 Å². The Hall–Kier alpha value is -2.30. The van der Waals surface area contributed by atoms with Crippen molar-refractivity contribution >= 4 is 5.91 Å². The summed E-state index contributed by atoms with van der Waals surface area (Å²) in [5, 5.41) is 7.62. The van der Waals surface area contributed by atoms with Gasteiger partial charge in [-0.05, 0) is 18.2 Å². The number of nitrogens with zero attached hydrogens (tertiary/aromatic N) is 3. The molecule has 0 saturated carbocycles. The lowest BCUT2D eigenvalue weighted by molar-refractivity contribution is 0.1000. The van der Waals surface area contributed by atoms with Gasteiger partial charge in [-0.2, -0.15) is 10.2 Å². The van der Waals surface area contributed by atoms with E-state index in [0.717, 1.165) is 5.56 Å². The Morgan fingerprint density at radius 1 is 1.27 bits per heavy atom. The third-order valence-electron chi connectivity index (χ3n) is 1.92. The van der Waals surface area contributed by atoms with Crippen LogP contribution in [0.2, 0.25) is 0 Å². The average Bonchev–Trinajstić information content (AvgIpc) is 2.30. The van der Waals surface area contributed by atoms with E-state index in [-0.39, 0.29) is 0 Å². The van der Waals surface area contributed by atoms with Crippen LogP contribution in [0.5, 0.6) is 0 Å². The SMILES string of the molecule is NC(=O)c1cnnc(-c2ccncc2)c1. The second-order valence-electron chi connectivity index (χ2n) is 2.93. The van der Waals surface area contributed by atoms with Gasteiger partial charge in [0, 0.05) is 18.0 Å². The summed E-state index contributed by atoms with van der Waals surface area (Å²) in [5.41, 5.74) is 6.94. The number of hydrogen-bond donors (Lipinski definition) is 1. The second kappa shape index (κ2) is 3.83. The van der Waals surface area contributed by atoms with Gasteiger partial charge < -0.3 is 5.73 Å². The fraction of sp³-hybridized carbons (Fsp3) is 0. The Kier molecular flexibility index (Phi) is 2.37. The molecule has 2 rings (SSSR count). The summed E-state index contributed by atoms with van der Waals surface area (Å²) in [6.07, 6.45) is 4.63. The van der Waals surface area contributed by atoms with E-state index in [1.165, 1.54) is 6.20 Å². The lowest BCUT2D eigenvalue weighted by atomic mass is 10.1. The Bertz CT molecular complexity index is 484. The van der Waals surface area contributed by atoms with Gasteiger partial charge in [-0.1, -0.05) is 0 Å². The van der Waals surface area contributed by atoms with Crippen LogP contribution in [0.15, 0.2) is 36.8 Å². The Morgan fingerprint density at radius 2 is 2.00 bits per heavy atom. The van der Waals surface area contributed by atoms with E-state index in [2.05, 4.69) is 15.2 Å². The highest BCUT2D eigenvalue weighted by Crippen LogP contribution is 2.14. The zero-order valence-corrected chi connectivity index (χ0v) is 7.79. The summed E-state index contributed by atoms with van der Waals surface area (Å²) < 4.78 is 0. The van der Waals surface area contributed by atoms with Crippen molar-refractivity contribution in [3.63, 3.8) is 0 Å². The molecule has 0 saturated heterocycles. The highest BCUT2D eigenvalue weighted by atomic mass is 16.1. The van der Waals surface area contributed by atoms with Crippen molar-refractivity contribution in [1.29, 1.82) is 0 Å². The van der Waals surface area contributed by atoms with Gasteiger partial charge in [0.25, 0.3) is 0 Å². The monoisotopic (exact) mass is 200 g/mol. The average molecular weight is 200 g/mol. The van der Waals surface area contributed by atoms with Gasteiger partial charge in [-0.25, -0.2) is 0 Å². The third kappa shape index (κ3) is 1.96. The van der Waals surface area contributed by atoms with Crippen LogP contribution in [-0.4, -0.2) is 21.1 Å². The molecule has 0 aliphatic carbocycles. The third-order valence-corrected chi connectivity index (χ3v) is 1.92. The molecular formula is C10H8N4O. The van der Waals surface area contributed by atoms with E-state index < -0.39 is 5.91 Å². The molecule has 2 heterocycles. The molecule has 5 nitrogen and oxygen atoms in total. The van der Waals surface area contributed by atoms with Crippen LogP contribution >= 0.6 is 0 Å². The minimum Gasteiger partial charge on any atom is -0.366 e. The smallest absolute Gasteiger partial charge is 0.250 e. The highest BCUT2D eigenvalue weighted by Gasteiger charge is 2.04. The molecule has 0 bridgehead atoms. The highest BCUT2D eigenvalue weighted by molar-refractivity contribution is 5.93. The van der Waals surface area contributed by atoms with E-state index in [1.807, 2.05) is 0 Å². The van der Waals surface area contributed by atoms with Crippen LogP contribution in [0, 0.1) is 0 Å². The number of primary amides is 1. The first-order valence-electron chi connectivity index (χ1n) is 4.30. The molecule has 2 aromatic rings. The largest absolute Gasteiger partial charge is 0.366 e. The fourth-order valence-corrected chi connectivity index (χ4v) is 1.17. The summed E-state index contributed by atoms with van der Waals surface area (Å²) in [6, 6.07) is 5.17. The van der Waals surface area contributed by atoms with Crippen molar-refractivity contribution in [2.75, 3.05) is 0 Å². The molecule has 0 radical (unpaired) electrons. The first-order chi connectivity index (χ1) is 7.27. The van der Waals surface area contributed by atoms with Gasteiger partial charge in [-0.3, -0.25) is 9.78 Å². The van der Waals surface area contributed by atoms with Crippen molar-refractivity contribution in [2.24, 2.45) is 5.73 Å². The topological polar surface area (TPSA) is 81.8 Å². The van der Waals surface area contributed by atoms with Gasteiger partial charge in [0.1, 0.15) is 0 Å². The summed E-state index contributed by atoms with van der Waals surface area (Å²) in [7, 11) is 0. The molecule has 74 valence electrons. The Morgan fingerprint density at radius 3 is 2.67 bits per heavy atom. The van der Waals surface area contributed by atoms with Crippen molar-refractivity contribution in [3.05, 3.63) is 42.4 Å². The molecular weight excluding hydrogens is 192 g/mol. The zero-order valence-electron chi connectivity index (χ0n) is 7.79. The molecule has 2 N–H and O–H groups in total. The molecule has 5 heteroatoms. The quantitative estimate of drug-likeness (QED) is 0.771. The van der Waals surface area contributed by atoms with E-state index in [9.17, 15) is 4.79 Å². The van der Waals surface area contributed by atoms with Crippen LogP contribution in [0.1, 0.15) is 10.4 Å². The van der Waals surface area contributed by atoms with Crippen LogP contribution < -0.4 is 5.73 Å². The Balaban J connectivity index is 2.46. The number of rotatable bonds is 2. The minimum absolute atomic E-state index is 0.344. The van der Waals surface area contributed by atoms with Crippen molar-refractivity contribution in [3.8, 4) is 11.3 Å². The molecule has 0 spiro atoms. The molecule has 0 fully saturated rings. The van der Waals surface area contributed by atoms with Gasteiger partial charge in [0.2, 0.25) is 5.91 Å². The predicted molar refractivity (Wildman–Crippen MR) is 53.8 cm³/mol. The van der Waals surface area contributed by atoms with Crippen LogP contribution in [0.25, 0.3) is 11.3 Å². The molecule has 0 aromatic carbocycles. The first kappa shape index (κ1) is 9.26. The maximum Gasteiger partial charge on any atom is 0.250 e. The molecule has 0 unspecified atom stereocenters. The summed E-state index contributed by atoms with van der Waals surface area (Å²) in [5.74, 6) is -0.514. The number of pyridine rings is 1. The molecule has 1 amide bonds. The van der Waals surface area contributed by atoms with Crippen LogP contribution in [0.3, 0.4) is 0 Å². The Labute approximate surface area is 86.0 Å². The summed E-state index contributed by atoms with van der Waals surface area (Å²) >= 11 is 0. The molecule has 15 heavy (non-hydrogen) atoms. The number of nitrogens with two attached hydrogens (primary N) is 1. The maximum absolute atomic E-state index is 10.9. The number of amides is 1. The number of carbonyl (C=O) groups is 1. The number of hydrogen-bond acceptors (Lipinski definition) is 4. The van der Waals surface area contributed by atoms with Gasteiger partial charge in [0.15, 0.2) is 0 Å². The van der Waals surface area contributed by atoms with Gasteiger partial charge in [0.05, 0.1) is 17.5 Å². The maximum atomic E-state index is 10.9. The molecule has 0 atom stereocenters. The normalized spacial score (nSPS) is 9.87. The van der Waals surface area contributed by atoms with E-state index >= 15 is 0 Å². The predicted octanol–water partition coefficient (Wildman–Crippen LogP) is 0.638. The fourth-order valence-electron chi connectivity index (χ4n) is 1.17. The molecule has 0 aliphatic rings. The standard InChI is InChI=1S/C10H8N4O/c11-10(15)8-5-9(14-13-6-8)7-1-3-12-4-2-7/h1-6H,(H2,11,15). The number of carbonyl (C=O) groups excluding carboxylic acids is 1. The second-order valence-corrected chi connectivity index (χ2v) is 2.93. The lowest BCUT2D eigenvalue weighted by Crippen LogP contribution is -2.11. The summed E-state index contributed by atoms with van der Waals surface area (Å²) in [6.45, 7) is 0. The van der Waals surface area contributed by atoms with E-state index in [4.69, 9.17) is 5.73 Å². The van der Waals surface area contributed by atoms with E-state index in [0.29, 0.717) is 11.3 Å². The first-order valence-corrected chi connectivity index (χ1v) is 4.30. The van der Waals surface area contributed by atoms with Crippen molar-refractivity contribution in [1.82, 2.24) is 15.2 Å². The van der Waals surface area contributed by atoms with Crippen LogP contribution in [0.4, 0.5) is 0 Å². The summed E-state index contributed by atoms with van der Waals surface area (Å²) in [4.78, 5) is 14.8. The molecule has 0 aliphatic heterocycles. The minimum atomic E-state index is -0.514. The van der Waals surface area contributed by atoms with Gasteiger partial charge >= 0.3 is 0 Å². The molecule has 2 aromatic heterocycles. The number of aromatic nitrogens is 3. The zero-order chi connectivity index (χ0) is 10.7. The lowest BCUT2D eigenvalue weighted by Gasteiger charge is -1.99. The van der Waals surface area contributed by atoms with Crippen molar-refractivity contribution < 1.29 is 4.79 Å². The van der Waals surface area contributed by atoms with E-state index in [1.54, 1.807) is 30.6 Å².